The molecule has 1 heterocycles. The van der Waals surface area contributed by atoms with E-state index in [-0.39, 0.29) is 0 Å². The summed E-state index contributed by atoms with van der Waals surface area (Å²) in [5.41, 5.74) is 7.77. The van der Waals surface area contributed by atoms with E-state index < -0.39 is 0 Å². The van der Waals surface area contributed by atoms with Crippen LogP contribution in [0.5, 0.6) is 5.75 Å². The van der Waals surface area contributed by atoms with Crippen molar-refractivity contribution in [2.24, 2.45) is 0 Å². The lowest BCUT2D eigenvalue weighted by Gasteiger charge is -2.16. The summed E-state index contributed by atoms with van der Waals surface area (Å²) in [4.78, 5) is 0. The van der Waals surface area contributed by atoms with Gasteiger partial charge in [0.05, 0.1) is 25.6 Å². The maximum atomic E-state index is 5.48. The number of nitrogens with zero attached hydrogens (tertiary/aromatic N) is 1. The molecule has 0 atom stereocenters. The molecule has 0 aliphatic carbocycles. The zero-order chi connectivity index (χ0) is 21.0. The highest BCUT2D eigenvalue weighted by Gasteiger charge is 2.21. The summed E-state index contributed by atoms with van der Waals surface area (Å²) in [6.45, 7) is 12.2. The molecule has 0 aliphatic heterocycles. The highest BCUT2D eigenvalue weighted by Crippen LogP contribution is 2.38. The lowest BCUT2D eigenvalue weighted by atomic mass is 10.00. The van der Waals surface area contributed by atoms with Gasteiger partial charge in [-0.15, -0.1) is 0 Å². The smallest absolute Gasteiger partial charge is 0.120 e. The summed E-state index contributed by atoms with van der Waals surface area (Å²) in [5.74, 6) is 1.53. The molecule has 0 N–H and O–H groups in total. The van der Waals surface area contributed by atoms with Crippen LogP contribution in [0.25, 0.3) is 29.1 Å². The number of ether oxygens (including phenoxy) is 2. The number of rotatable bonds is 7. The van der Waals surface area contributed by atoms with Gasteiger partial charge in [-0.1, -0.05) is 37.4 Å². The molecule has 0 unspecified atom stereocenters. The minimum Gasteiger partial charge on any atom is -0.497 e. The lowest BCUT2D eigenvalue weighted by molar-refractivity contribution is 0.310. The largest absolute Gasteiger partial charge is 0.497 e. The van der Waals surface area contributed by atoms with E-state index in [1.54, 1.807) is 20.3 Å². The molecule has 0 spiro atoms. The van der Waals surface area contributed by atoms with Gasteiger partial charge in [0.15, 0.2) is 0 Å². The first-order valence-electron chi connectivity index (χ1n) is 9.52. The Morgan fingerprint density at radius 3 is 2.28 bits per heavy atom. The van der Waals surface area contributed by atoms with E-state index in [9.17, 15) is 0 Å². The van der Waals surface area contributed by atoms with Crippen LogP contribution in [0, 0.1) is 13.8 Å². The van der Waals surface area contributed by atoms with Crippen LogP contribution in [-0.4, -0.2) is 18.8 Å². The quantitative estimate of drug-likeness (QED) is 0.338. The monoisotopic (exact) mass is 385 g/mol. The van der Waals surface area contributed by atoms with Gasteiger partial charge in [0.25, 0.3) is 0 Å². The maximum Gasteiger partial charge on any atom is 0.120 e. The van der Waals surface area contributed by atoms with Crippen LogP contribution >= 0.6 is 0 Å². The Kier molecular flexibility index (Phi) is 6.08. The number of benzene rings is 2. The zero-order valence-corrected chi connectivity index (χ0v) is 17.5. The third-order valence-electron chi connectivity index (χ3n) is 5.23. The molecule has 0 bridgehead atoms. The van der Waals surface area contributed by atoms with Crippen molar-refractivity contribution < 1.29 is 9.47 Å². The van der Waals surface area contributed by atoms with Crippen molar-refractivity contribution in [1.82, 2.24) is 4.57 Å². The normalized spacial score (nSPS) is 11.2. The van der Waals surface area contributed by atoms with Crippen LogP contribution in [0.3, 0.4) is 0 Å². The minimum atomic E-state index is 0.716. The first-order chi connectivity index (χ1) is 14.0. The van der Waals surface area contributed by atoms with Crippen LogP contribution in [0.2, 0.25) is 0 Å². The third kappa shape index (κ3) is 3.77. The van der Waals surface area contributed by atoms with Crippen molar-refractivity contribution in [3.05, 3.63) is 95.9 Å². The second kappa shape index (κ2) is 8.70. The first kappa shape index (κ1) is 20.3. The molecule has 0 fully saturated rings. The average Bonchev–Trinajstić information content (AvgIpc) is 3.02. The van der Waals surface area contributed by atoms with Gasteiger partial charge in [0, 0.05) is 17.3 Å². The summed E-state index contributed by atoms with van der Waals surface area (Å²) in [7, 11) is 3.33. The van der Waals surface area contributed by atoms with Crippen LogP contribution in [0.15, 0.2) is 73.5 Å². The van der Waals surface area contributed by atoms with Gasteiger partial charge in [-0.05, 0) is 66.9 Å². The molecule has 148 valence electrons. The van der Waals surface area contributed by atoms with E-state index >= 15 is 0 Å². The Hall–Kier alpha value is -3.46. The topological polar surface area (TPSA) is 23.4 Å². The molecule has 3 nitrogen and oxygen atoms in total. The molecule has 3 heteroatoms. The molecule has 0 amide bonds. The van der Waals surface area contributed by atoms with E-state index in [4.69, 9.17) is 9.47 Å². The Morgan fingerprint density at radius 1 is 0.966 bits per heavy atom. The van der Waals surface area contributed by atoms with Gasteiger partial charge in [-0.25, -0.2) is 0 Å². The Balaban J connectivity index is 2.41. The van der Waals surface area contributed by atoms with Crippen molar-refractivity contribution in [2.45, 2.75) is 13.8 Å². The Bertz CT molecular complexity index is 1070. The molecule has 0 saturated heterocycles. The summed E-state index contributed by atoms with van der Waals surface area (Å²) >= 11 is 0. The second-order valence-corrected chi connectivity index (χ2v) is 6.77. The maximum absolute atomic E-state index is 5.48. The van der Waals surface area contributed by atoms with E-state index in [2.05, 4.69) is 49.8 Å². The van der Waals surface area contributed by atoms with E-state index in [1.807, 2.05) is 42.5 Å². The summed E-state index contributed by atoms with van der Waals surface area (Å²) in [6.07, 6.45) is 5.62. The van der Waals surface area contributed by atoms with Crippen molar-refractivity contribution in [1.29, 1.82) is 0 Å². The fourth-order valence-electron chi connectivity index (χ4n) is 3.55. The highest BCUT2D eigenvalue weighted by atomic mass is 16.5. The third-order valence-corrected chi connectivity index (χ3v) is 5.23. The number of aromatic nitrogens is 1. The van der Waals surface area contributed by atoms with Gasteiger partial charge < -0.3 is 14.0 Å². The van der Waals surface area contributed by atoms with Crippen molar-refractivity contribution in [3.8, 4) is 22.7 Å². The first-order valence-corrected chi connectivity index (χ1v) is 9.52. The number of para-hydroxylation sites is 1. The predicted octanol–water partition coefficient (Wildman–Crippen LogP) is 6.59. The second-order valence-electron chi connectivity index (χ2n) is 6.77. The number of hydrogen-bond acceptors (Lipinski definition) is 2. The molecule has 3 rings (SSSR count). The molecule has 29 heavy (non-hydrogen) atoms. The number of allylic oxidation sites excluding steroid dienone is 1. The van der Waals surface area contributed by atoms with Gasteiger partial charge in [0.1, 0.15) is 11.5 Å². The van der Waals surface area contributed by atoms with Crippen molar-refractivity contribution >= 4 is 12.2 Å². The van der Waals surface area contributed by atoms with Gasteiger partial charge in [-0.3, -0.25) is 0 Å². The number of hydrogen-bond donors (Lipinski definition) is 0. The van der Waals surface area contributed by atoms with Crippen LogP contribution in [0.4, 0.5) is 0 Å². The molecule has 0 aliphatic rings. The molecule has 1 aromatic heterocycles. The van der Waals surface area contributed by atoms with Crippen LogP contribution in [0.1, 0.15) is 22.4 Å². The summed E-state index contributed by atoms with van der Waals surface area (Å²) < 4.78 is 13.2. The van der Waals surface area contributed by atoms with Crippen molar-refractivity contribution in [3.63, 3.8) is 0 Å². The molecule has 2 aromatic carbocycles. The molecular weight excluding hydrogens is 358 g/mol. The minimum absolute atomic E-state index is 0.716. The van der Waals surface area contributed by atoms with Gasteiger partial charge in [0.2, 0.25) is 0 Å². The molecular formula is C26H27NO2. The lowest BCUT2D eigenvalue weighted by Crippen LogP contribution is -2.01. The van der Waals surface area contributed by atoms with Crippen LogP contribution < -0.4 is 4.74 Å². The molecule has 3 aromatic rings. The van der Waals surface area contributed by atoms with Crippen LogP contribution in [-0.2, 0) is 4.74 Å². The fourth-order valence-corrected chi connectivity index (χ4v) is 3.55. The van der Waals surface area contributed by atoms with E-state index in [1.165, 1.54) is 11.1 Å². The predicted molar refractivity (Wildman–Crippen MR) is 123 cm³/mol. The van der Waals surface area contributed by atoms with Gasteiger partial charge in [-0.2, -0.15) is 0 Å². The van der Waals surface area contributed by atoms with Crippen molar-refractivity contribution in [2.75, 3.05) is 14.2 Å². The fraction of sp³-hybridized carbons (Fsp3) is 0.154. The molecule has 0 radical (unpaired) electrons. The summed E-state index contributed by atoms with van der Waals surface area (Å²) in [5, 5.41) is 0. The standard InChI is InChI=1S/C26H27NO2/c1-7-20-16-23(29-6)14-15-24(20)26-19(4)18(3)25(17-22(8-2)28-5)27(26)21-12-10-9-11-13-21/h7-17H,1-2H2,3-6H3/b22-17+. The average molecular weight is 386 g/mol. The SMILES string of the molecule is C=C/C(=C\c1c(C)c(C)c(-c2ccc(OC)cc2C=C)n1-c1ccccc1)OC. The van der Waals surface area contributed by atoms with Gasteiger partial charge >= 0.3 is 0 Å². The Labute approximate surface area is 173 Å². The highest BCUT2D eigenvalue weighted by molar-refractivity contribution is 5.81. The van der Waals surface area contributed by atoms with E-state index in [0.29, 0.717) is 5.76 Å². The summed E-state index contributed by atoms with van der Waals surface area (Å²) in [6, 6.07) is 16.4. The van der Waals surface area contributed by atoms with E-state index in [0.717, 1.165) is 34.0 Å². The zero-order valence-electron chi connectivity index (χ0n) is 17.5. The number of methoxy groups -OCH3 is 2. The molecule has 0 saturated carbocycles. The Morgan fingerprint density at radius 2 is 1.69 bits per heavy atom.